The van der Waals surface area contributed by atoms with Crippen LogP contribution in [-0.4, -0.2) is 12.1 Å². The monoisotopic (exact) mass is 499 g/mol. The molecule has 2 aromatic rings. The first-order valence-corrected chi connectivity index (χ1v) is 15.3. The summed E-state index contributed by atoms with van der Waals surface area (Å²) in [5.41, 5.74) is 9.48. The Hall–Kier alpha value is -2.12. The van der Waals surface area contributed by atoms with Crippen molar-refractivity contribution < 1.29 is 0 Å². The Labute approximate surface area is 228 Å². The van der Waals surface area contributed by atoms with E-state index in [1.54, 1.807) is 16.7 Å². The van der Waals surface area contributed by atoms with E-state index in [4.69, 9.17) is 0 Å². The highest BCUT2D eigenvalue weighted by Gasteiger charge is 2.30. The SMILES string of the molecule is CC.CCc1cc(C(C)c2cccc(C(C)CC3=CC=CCC3)c2)ccc1CCCC1(CC)CCCN1. The van der Waals surface area contributed by atoms with Crippen LogP contribution in [0.4, 0.5) is 0 Å². The molecule has 1 heterocycles. The third-order valence-electron chi connectivity index (χ3n) is 8.87. The highest BCUT2D eigenvalue weighted by molar-refractivity contribution is 5.40. The number of allylic oxidation sites excluding steroid dienone is 4. The van der Waals surface area contributed by atoms with Gasteiger partial charge in [0.25, 0.3) is 0 Å². The summed E-state index contributed by atoms with van der Waals surface area (Å²) in [6, 6.07) is 16.7. The van der Waals surface area contributed by atoms with Gasteiger partial charge in [0.2, 0.25) is 0 Å². The van der Waals surface area contributed by atoms with E-state index in [1.165, 1.54) is 81.0 Å². The van der Waals surface area contributed by atoms with Gasteiger partial charge in [0.1, 0.15) is 0 Å². The molecule has 1 aliphatic heterocycles. The minimum atomic E-state index is 0.410. The molecule has 2 aliphatic rings. The zero-order valence-electron chi connectivity index (χ0n) is 24.7. The molecular weight excluding hydrogens is 446 g/mol. The van der Waals surface area contributed by atoms with E-state index in [0.29, 0.717) is 17.4 Å². The predicted molar refractivity (Wildman–Crippen MR) is 164 cm³/mol. The summed E-state index contributed by atoms with van der Waals surface area (Å²) < 4.78 is 0. The first kappa shape index (κ1) is 29.4. The molecule has 0 bridgehead atoms. The first-order valence-electron chi connectivity index (χ1n) is 15.3. The van der Waals surface area contributed by atoms with Gasteiger partial charge >= 0.3 is 0 Å². The van der Waals surface area contributed by atoms with Crippen molar-refractivity contribution in [3.8, 4) is 0 Å². The molecule has 0 spiro atoms. The van der Waals surface area contributed by atoms with Gasteiger partial charge in [0, 0.05) is 11.5 Å². The summed E-state index contributed by atoms with van der Waals surface area (Å²) in [5, 5.41) is 3.81. The lowest BCUT2D eigenvalue weighted by Gasteiger charge is -2.28. The molecule has 37 heavy (non-hydrogen) atoms. The van der Waals surface area contributed by atoms with Crippen molar-refractivity contribution in [3.05, 3.63) is 94.1 Å². The highest BCUT2D eigenvalue weighted by atomic mass is 15.0. The smallest absolute Gasteiger partial charge is 0.0179 e. The van der Waals surface area contributed by atoms with E-state index in [-0.39, 0.29) is 0 Å². The molecule has 4 rings (SSSR count). The largest absolute Gasteiger partial charge is 0.311 e. The summed E-state index contributed by atoms with van der Waals surface area (Å²) in [7, 11) is 0. The van der Waals surface area contributed by atoms with Crippen molar-refractivity contribution in [1.82, 2.24) is 5.32 Å². The summed E-state index contributed by atoms with van der Waals surface area (Å²) in [6.45, 7) is 14.6. The van der Waals surface area contributed by atoms with Gasteiger partial charge in [-0.3, -0.25) is 0 Å². The Bertz CT molecular complexity index is 1020. The number of hydrogen-bond donors (Lipinski definition) is 1. The van der Waals surface area contributed by atoms with Gasteiger partial charge < -0.3 is 5.32 Å². The Morgan fingerprint density at radius 1 is 0.946 bits per heavy atom. The topological polar surface area (TPSA) is 12.0 Å². The molecule has 1 aliphatic carbocycles. The number of benzene rings is 2. The zero-order valence-corrected chi connectivity index (χ0v) is 24.7. The summed E-state index contributed by atoms with van der Waals surface area (Å²) >= 11 is 0. The second-order valence-electron chi connectivity index (χ2n) is 11.2. The minimum absolute atomic E-state index is 0.410. The maximum Gasteiger partial charge on any atom is 0.0179 e. The highest BCUT2D eigenvalue weighted by Crippen LogP contribution is 2.33. The van der Waals surface area contributed by atoms with E-state index in [2.05, 4.69) is 93.7 Å². The van der Waals surface area contributed by atoms with Crippen molar-refractivity contribution in [1.29, 1.82) is 0 Å². The first-order chi connectivity index (χ1) is 18.0. The molecule has 1 fully saturated rings. The molecule has 0 saturated carbocycles. The van der Waals surface area contributed by atoms with Crippen LogP contribution in [0.2, 0.25) is 0 Å². The minimum Gasteiger partial charge on any atom is -0.311 e. The molecule has 1 N–H and O–H groups in total. The van der Waals surface area contributed by atoms with Crippen LogP contribution in [0.5, 0.6) is 0 Å². The maximum absolute atomic E-state index is 3.81. The van der Waals surface area contributed by atoms with Crippen LogP contribution in [0.25, 0.3) is 0 Å². The fraction of sp³-hybridized carbons (Fsp3) is 0.556. The van der Waals surface area contributed by atoms with Crippen molar-refractivity contribution in [2.75, 3.05) is 6.54 Å². The molecule has 0 aromatic heterocycles. The Morgan fingerprint density at radius 2 is 1.73 bits per heavy atom. The fourth-order valence-electron chi connectivity index (χ4n) is 6.33. The van der Waals surface area contributed by atoms with Gasteiger partial charge in [-0.2, -0.15) is 0 Å². The van der Waals surface area contributed by atoms with E-state index < -0.39 is 0 Å². The second-order valence-corrected chi connectivity index (χ2v) is 11.2. The Kier molecular flexibility index (Phi) is 11.7. The number of aryl methyl sites for hydroxylation is 2. The lowest BCUT2D eigenvalue weighted by molar-refractivity contribution is 0.327. The summed E-state index contributed by atoms with van der Waals surface area (Å²) in [4.78, 5) is 0. The molecule has 3 atom stereocenters. The van der Waals surface area contributed by atoms with Gasteiger partial charge in [-0.25, -0.2) is 0 Å². The van der Waals surface area contributed by atoms with Crippen molar-refractivity contribution in [3.63, 3.8) is 0 Å². The zero-order chi connectivity index (χ0) is 26.7. The average molecular weight is 500 g/mol. The average Bonchev–Trinajstić information content (AvgIpc) is 3.44. The van der Waals surface area contributed by atoms with Crippen molar-refractivity contribution in [2.45, 2.75) is 123 Å². The van der Waals surface area contributed by atoms with E-state index in [9.17, 15) is 0 Å². The van der Waals surface area contributed by atoms with Gasteiger partial charge in [-0.05, 0) is 104 Å². The molecule has 1 nitrogen and oxygen atoms in total. The fourth-order valence-corrected chi connectivity index (χ4v) is 6.33. The van der Waals surface area contributed by atoms with Gasteiger partial charge in [0.15, 0.2) is 0 Å². The van der Waals surface area contributed by atoms with Gasteiger partial charge in [-0.1, -0.05) is 108 Å². The Balaban J connectivity index is 0.00000186. The molecule has 2 aromatic carbocycles. The van der Waals surface area contributed by atoms with Crippen molar-refractivity contribution in [2.24, 2.45) is 0 Å². The van der Waals surface area contributed by atoms with E-state index >= 15 is 0 Å². The van der Waals surface area contributed by atoms with Crippen LogP contribution in [0.3, 0.4) is 0 Å². The molecule has 0 amide bonds. The third kappa shape index (κ3) is 7.93. The van der Waals surface area contributed by atoms with Gasteiger partial charge in [-0.15, -0.1) is 0 Å². The Morgan fingerprint density at radius 3 is 2.41 bits per heavy atom. The molecule has 202 valence electrons. The molecule has 1 saturated heterocycles. The van der Waals surface area contributed by atoms with Crippen LogP contribution in [-0.2, 0) is 12.8 Å². The summed E-state index contributed by atoms with van der Waals surface area (Å²) in [5.74, 6) is 0.985. The van der Waals surface area contributed by atoms with Crippen LogP contribution in [0.1, 0.15) is 133 Å². The van der Waals surface area contributed by atoms with Crippen LogP contribution in [0, 0.1) is 0 Å². The maximum atomic E-state index is 3.81. The number of hydrogen-bond acceptors (Lipinski definition) is 1. The molecule has 3 unspecified atom stereocenters. The van der Waals surface area contributed by atoms with E-state index in [1.807, 2.05) is 13.8 Å². The second kappa shape index (κ2) is 14.7. The molecule has 1 heteroatoms. The lowest BCUT2D eigenvalue weighted by atomic mass is 9.84. The summed E-state index contributed by atoms with van der Waals surface area (Å²) in [6.07, 6.45) is 19.3. The molecule has 0 radical (unpaired) electrons. The van der Waals surface area contributed by atoms with Crippen LogP contribution >= 0.6 is 0 Å². The van der Waals surface area contributed by atoms with Crippen molar-refractivity contribution >= 4 is 0 Å². The van der Waals surface area contributed by atoms with Gasteiger partial charge in [0.05, 0.1) is 0 Å². The van der Waals surface area contributed by atoms with E-state index in [0.717, 1.165) is 6.42 Å². The standard InChI is InChI=1S/C34H47N.C2H6/c1-5-29-24-33(19-18-30(29)17-11-20-34(6-2)21-12-22-35-34)27(4)32-16-10-15-31(25-32)26(3)23-28-13-8-7-9-14-28;1-2/h7-8,10,13,15-16,18-19,24-27,35H,5-6,9,11-12,14,17,20-23H2,1-4H3;1-2H3. The quantitative estimate of drug-likeness (QED) is 0.324. The number of nitrogens with one attached hydrogen (secondary N) is 1. The predicted octanol–water partition coefficient (Wildman–Crippen LogP) is 10.1. The molecular formula is C36H53N. The van der Waals surface area contributed by atoms with Crippen LogP contribution in [0.15, 0.2) is 66.3 Å². The normalized spacial score (nSPS) is 20.6. The van der Waals surface area contributed by atoms with Crippen LogP contribution < -0.4 is 5.32 Å². The third-order valence-corrected chi connectivity index (χ3v) is 8.87. The number of rotatable bonds is 11. The lowest BCUT2D eigenvalue weighted by Crippen LogP contribution is -2.38.